The van der Waals surface area contributed by atoms with Gasteiger partial charge >= 0.3 is 18.1 Å². The number of hydrogen-bond acceptors (Lipinski definition) is 6. The predicted molar refractivity (Wildman–Crippen MR) is 123 cm³/mol. The highest BCUT2D eigenvalue weighted by Crippen LogP contribution is 2.28. The third kappa shape index (κ3) is 6.74. The highest BCUT2D eigenvalue weighted by molar-refractivity contribution is 6.30. The molecule has 0 saturated carbocycles. The van der Waals surface area contributed by atoms with Crippen LogP contribution in [0, 0.1) is 12.8 Å². The molecule has 1 amide bonds. The molecule has 1 saturated heterocycles. The van der Waals surface area contributed by atoms with Crippen LogP contribution in [0.5, 0.6) is 0 Å². The lowest BCUT2D eigenvalue weighted by atomic mass is 9.92. The van der Waals surface area contributed by atoms with Crippen LogP contribution < -0.4 is 10.9 Å². The van der Waals surface area contributed by atoms with E-state index >= 15 is 0 Å². The molecule has 0 spiro atoms. The van der Waals surface area contributed by atoms with E-state index in [4.69, 9.17) is 16.3 Å². The predicted octanol–water partition coefficient (Wildman–Crippen LogP) is 3.55. The van der Waals surface area contributed by atoms with Crippen molar-refractivity contribution in [3.8, 4) is 0 Å². The molecule has 2 atom stereocenters. The quantitative estimate of drug-likeness (QED) is 0.568. The van der Waals surface area contributed by atoms with Crippen LogP contribution in [-0.2, 0) is 27.5 Å². The monoisotopic (exact) mass is 514 g/mol. The fourth-order valence-corrected chi connectivity index (χ4v) is 4.11. The molecule has 8 nitrogen and oxygen atoms in total. The maximum absolute atomic E-state index is 13.0. The zero-order valence-corrected chi connectivity index (χ0v) is 20.0. The van der Waals surface area contributed by atoms with Crippen molar-refractivity contribution in [1.82, 2.24) is 14.5 Å². The third-order valence-corrected chi connectivity index (χ3v) is 6.24. The maximum atomic E-state index is 13.0. The summed E-state index contributed by atoms with van der Waals surface area (Å²) in [6.45, 7) is 2.83. The molecule has 12 heteroatoms. The average Bonchev–Trinajstić information content (AvgIpc) is 2.81. The largest absolute Gasteiger partial charge is 0.471 e. The van der Waals surface area contributed by atoms with Crippen molar-refractivity contribution >= 4 is 29.3 Å². The summed E-state index contributed by atoms with van der Waals surface area (Å²) in [5, 5.41) is 2.68. The Balaban J connectivity index is 1.73. The van der Waals surface area contributed by atoms with Crippen molar-refractivity contribution in [3.05, 3.63) is 57.1 Å². The van der Waals surface area contributed by atoms with E-state index in [1.165, 1.54) is 6.92 Å². The Kier molecular flexibility index (Phi) is 8.42. The number of anilines is 1. The van der Waals surface area contributed by atoms with Crippen LogP contribution in [-0.4, -0.2) is 51.6 Å². The zero-order valence-electron chi connectivity index (χ0n) is 19.3. The van der Waals surface area contributed by atoms with Crippen LogP contribution in [0.25, 0.3) is 0 Å². The molecule has 35 heavy (non-hydrogen) atoms. The Morgan fingerprint density at radius 3 is 2.60 bits per heavy atom. The number of carbonyl (C=O) groups is 2. The number of rotatable bonds is 7. The van der Waals surface area contributed by atoms with Gasteiger partial charge in [-0.05, 0) is 31.2 Å². The highest BCUT2D eigenvalue weighted by Gasteiger charge is 2.45. The summed E-state index contributed by atoms with van der Waals surface area (Å²) in [4.78, 5) is 42.0. The molecule has 190 valence electrons. The number of benzene rings is 1. The van der Waals surface area contributed by atoms with Crippen molar-refractivity contribution < 1.29 is 27.5 Å². The van der Waals surface area contributed by atoms with Gasteiger partial charge in [-0.2, -0.15) is 13.2 Å². The number of halogens is 4. The van der Waals surface area contributed by atoms with Crippen molar-refractivity contribution in [1.29, 1.82) is 0 Å². The van der Waals surface area contributed by atoms with E-state index in [1.807, 2.05) is 13.0 Å². The minimum atomic E-state index is -4.99. The SMILES string of the molecule is Cc1c(Cl)nc(NC[C@H]2C[C@H](C)CCN2C(=O)C(F)(F)F)c(=O)n1CC(=O)OCc1ccccc1. The summed E-state index contributed by atoms with van der Waals surface area (Å²) >= 11 is 6.15. The molecule has 1 aliphatic rings. The first-order chi connectivity index (χ1) is 16.5. The average molecular weight is 515 g/mol. The number of carbonyl (C=O) groups excluding carboxylic acids is 2. The molecule has 2 heterocycles. The molecular weight excluding hydrogens is 489 g/mol. The summed E-state index contributed by atoms with van der Waals surface area (Å²) in [7, 11) is 0. The summed E-state index contributed by atoms with van der Waals surface area (Å²) < 4.78 is 45.4. The number of ether oxygens (including phenoxy) is 1. The second-order valence-electron chi connectivity index (χ2n) is 8.53. The van der Waals surface area contributed by atoms with Gasteiger partial charge in [0.15, 0.2) is 11.0 Å². The Bertz CT molecular complexity index is 1120. The summed E-state index contributed by atoms with van der Waals surface area (Å²) in [5.41, 5.74) is 0.333. The second kappa shape index (κ2) is 11.1. The molecule has 0 bridgehead atoms. The lowest BCUT2D eigenvalue weighted by Gasteiger charge is -2.38. The van der Waals surface area contributed by atoms with Crippen molar-refractivity contribution in [3.63, 3.8) is 0 Å². The molecule has 3 rings (SSSR count). The Labute approximate surface area is 205 Å². The van der Waals surface area contributed by atoms with Crippen LogP contribution in [0.2, 0.25) is 5.15 Å². The number of esters is 1. The van der Waals surface area contributed by atoms with Gasteiger partial charge in [0.25, 0.3) is 5.56 Å². The lowest BCUT2D eigenvalue weighted by molar-refractivity contribution is -0.189. The van der Waals surface area contributed by atoms with Crippen molar-refractivity contribution in [2.75, 3.05) is 18.4 Å². The van der Waals surface area contributed by atoms with Crippen LogP contribution in [0.15, 0.2) is 35.1 Å². The number of aromatic nitrogens is 2. The fourth-order valence-electron chi connectivity index (χ4n) is 3.93. The Morgan fingerprint density at radius 2 is 1.94 bits per heavy atom. The van der Waals surface area contributed by atoms with Crippen LogP contribution in [0.1, 0.15) is 31.0 Å². The first kappa shape index (κ1) is 26.5. The van der Waals surface area contributed by atoms with Crippen LogP contribution in [0.3, 0.4) is 0 Å². The van der Waals surface area contributed by atoms with Gasteiger partial charge in [0, 0.05) is 19.1 Å². The number of alkyl halides is 3. The number of likely N-dealkylation sites (tertiary alicyclic amines) is 1. The summed E-state index contributed by atoms with van der Waals surface area (Å²) in [6.07, 6.45) is -4.21. The zero-order chi connectivity index (χ0) is 25.8. The molecule has 0 aliphatic carbocycles. The smallest absolute Gasteiger partial charge is 0.459 e. The molecule has 2 aromatic rings. The van der Waals surface area contributed by atoms with Gasteiger partial charge in [0.1, 0.15) is 13.2 Å². The van der Waals surface area contributed by atoms with Crippen LogP contribution >= 0.6 is 11.6 Å². The van der Waals surface area contributed by atoms with E-state index in [0.29, 0.717) is 12.8 Å². The van der Waals surface area contributed by atoms with Gasteiger partial charge in [0.05, 0.1) is 5.69 Å². The molecular formula is C23H26ClF3N4O4. The molecule has 1 aromatic carbocycles. The molecule has 0 unspecified atom stereocenters. The highest BCUT2D eigenvalue weighted by atomic mass is 35.5. The molecule has 1 aliphatic heterocycles. The third-order valence-electron chi connectivity index (χ3n) is 5.88. The number of hydrogen-bond donors (Lipinski definition) is 1. The van der Waals surface area contributed by atoms with E-state index in [-0.39, 0.29) is 42.3 Å². The van der Waals surface area contributed by atoms with Gasteiger partial charge in [-0.3, -0.25) is 19.0 Å². The Morgan fingerprint density at radius 1 is 1.26 bits per heavy atom. The second-order valence-corrected chi connectivity index (χ2v) is 8.89. The van der Waals surface area contributed by atoms with E-state index in [9.17, 15) is 27.6 Å². The van der Waals surface area contributed by atoms with Gasteiger partial charge in [0.2, 0.25) is 0 Å². The molecule has 1 N–H and O–H groups in total. The summed E-state index contributed by atoms with van der Waals surface area (Å²) in [5.74, 6) is -2.71. The van der Waals surface area contributed by atoms with E-state index < -0.39 is 36.2 Å². The van der Waals surface area contributed by atoms with Gasteiger partial charge in [-0.15, -0.1) is 0 Å². The fraction of sp³-hybridized carbons (Fsp3) is 0.478. The van der Waals surface area contributed by atoms with Crippen molar-refractivity contribution in [2.24, 2.45) is 5.92 Å². The van der Waals surface area contributed by atoms with Crippen molar-refractivity contribution in [2.45, 2.75) is 52.1 Å². The number of nitrogens with zero attached hydrogens (tertiary/aromatic N) is 3. The molecule has 1 aromatic heterocycles. The minimum absolute atomic E-state index is 0.0281. The minimum Gasteiger partial charge on any atom is -0.459 e. The van der Waals surface area contributed by atoms with Gasteiger partial charge in [-0.25, -0.2) is 4.98 Å². The lowest BCUT2D eigenvalue weighted by Crippen LogP contribution is -2.53. The number of piperidine rings is 1. The normalized spacial score (nSPS) is 18.3. The van der Waals surface area contributed by atoms with E-state index in [2.05, 4.69) is 10.3 Å². The summed E-state index contributed by atoms with van der Waals surface area (Å²) in [6, 6.07) is 8.21. The number of nitrogens with one attached hydrogen (secondary N) is 1. The standard InChI is InChI=1S/C23H26ClF3N4O4/c1-14-8-9-30(22(34)23(25,26)27)17(10-14)11-28-20-21(33)31(15(2)19(24)29-20)12-18(32)35-13-16-6-4-3-5-7-16/h3-7,14,17H,8-13H2,1-2H3,(H,28,29)/t14-,17-/m1/s1. The topological polar surface area (TPSA) is 93.5 Å². The van der Waals surface area contributed by atoms with Gasteiger partial charge < -0.3 is 15.0 Å². The maximum Gasteiger partial charge on any atom is 0.471 e. The van der Waals surface area contributed by atoms with E-state index in [1.54, 1.807) is 24.3 Å². The first-order valence-electron chi connectivity index (χ1n) is 11.1. The Hall–Kier alpha value is -3.08. The molecule has 0 radical (unpaired) electrons. The number of amides is 1. The first-order valence-corrected chi connectivity index (χ1v) is 11.4. The van der Waals surface area contributed by atoms with Crippen LogP contribution in [0.4, 0.5) is 19.0 Å². The van der Waals surface area contributed by atoms with Gasteiger partial charge in [-0.1, -0.05) is 48.9 Å². The molecule has 1 fully saturated rings. The van der Waals surface area contributed by atoms with E-state index in [0.717, 1.165) is 15.0 Å².